The Morgan fingerprint density at radius 2 is 1.52 bits per heavy atom. The zero-order chi connectivity index (χ0) is 18.9. The molecule has 0 rings (SSSR count). The molecule has 1 atom stereocenters. The van der Waals surface area contributed by atoms with Crippen LogP contribution in [0.4, 0.5) is 0 Å². The van der Waals surface area contributed by atoms with E-state index in [1.54, 1.807) is 14.0 Å². The Kier molecular flexibility index (Phi) is 43.3. The van der Waals surface area contributed by atoms with Gasteiger partial charge in [0.15, 0.2) is 0 Å². The summed E-state index contributed by atoms with van der Waals surface area (Å²) in [5, 5.41) is 23.9. The normalized spacial score (nSPS) is 9.96. The minimum Gasteiger partial charge on any atom is -0.466 e. The van der Waals surface area contributed by atoms with E-state index in [1.807, 2.05) is 20.8 Å². The van der Waals surface area contributed by atoms with Crippen LogP contribution >= 0.6 is 0 Å². The van der Waals surface area contributed by atoms with Gasteiger partial charge in [0, 0.05) is 26.7 Å². The summed E-state index contributed by atoms with van der Waals surface area (Å²) in [6, 6.07) is 0. The molecular weight excluding hydrogens is 304 g/mol. The lowest BCUT2D eigenvalue weighted by molar-refractivity contribution is -0.143. The molecule has 0 radical (unpaired) electrons. The van der Waals surface area contributed by atoms with Crippen molar-refractivity contribution in [3.8, 4) is 0 Å². The Labute approximate surface area is 141 Å². The number of aliphatic hydroxyl groups is 3. The molecule has 0 bridgehead atoms. The zero-order valence-electron chi connectivity index (χ0n) is 15.7. The van der Waals surface area contributed by atoms with Gasteiger partial charge in [-0.05, 0) is 27.2 Å². The molecule has 0 aliphatic carbocycles. The molecule has 1 unspecified atom stereocenters. The molecule has 23 heavy (non-hydrogen) atoms. The van der Waals surface area contributed by atoms with Gasteiger partial charge in [-0.2, -0.15) is 0 Å². The fourth-order valence-corrected chi connectivity index (χ4v) is 0.613. The summed E-state index contributed by atoms with van der Waals surface area (Å²) in [4.78, 5) is 10.3. The fourth-order valence-electron chi connectivity index (χ4n) is 0.613. The van der Waals surface area contributed by atoms with Gasteiger partial charge >= 0.3 is 5.97 Å². The number of esters is 1. The first-order valence-corrected chi connectivity index (χ1v) is 8.03. The lowest BCUT2D eigenvalue weighted by atomic mass is 10.5. The standard InChI is InChI=1S/C6H12O2.C4H10O.2C3H8O2/c1-3-5-8-6(7)4-2;1-3-5-4-2;1-5-3-2-4;1-3(5)2-4/h3-5H2,1-2H3;3-4H2,1-2H3;4H,2-3H2,1H3;3-5H,2H2,1H3. The second kappa shape index (κ2) is 33.0. The third-order valence-corrected chi connectivity index (χ3v) is 1.72. The van der Waals surface area contributed by atoms with Crippen molar-refractivity contribution < 1.29 is 34.3 Å². The first-order valence-electron chi connectivity index (χ1n) is 8.03. The van der Waals surface area contributed by atoms with E-state index < -0.39 is 6.10 Å². The van der Waals surface area contributed by atoms with Gasteiger partial charge in [-0.25, -0.2) is 0 Å². The second-order valence-corrected chi connectivity index (χ2v) is 4.10. The molecule has 7 nitrogen and oxygen atoms in total. The van der Waals surface area contributed by atoms with Crippen LogP contribution < -0.4 is 0 Å². The van der Waals surface area contributed by atoms with Crippen molar-refractivity contribution in [3.05, 3.63) is 0 Å². The van der Waals surface area contributed by atoms with Crippen LogP contribution in [0.15, 0.2) is 0 Å². The lowest BCUT2D eigenvalue weighted by Gasteiger charge is -1.97. The maximum atomic E-state index is 10.3. The maximum Gasteiger partial charge on any atom is 0.305 e. The summed E-state index contributed by atoms with van der Waals surface area (Å²) < 4.78 is 14.0. The van der Waals surface area contributed by atoms with E-state index in [0.717, 1.165) is 19.6 Å². The molecule has 0 saturated heterocycles. The lowest BCUT2D eigenvalue weighted by Crippen LogP contribution is -2.03. The van der Waals surface area contributed by atoms with Crippen LogP contribution in [0.5, 0.6) is 0 Å². The number of carbonyl (C=O) groups is 1. The van der Waals surface area contributed by atoms with Crippen molar-refractivity contribution in [1.82, 2.24) is 0 Å². The van der Waals surface area contributed by atoms with Gasteiger partial charge < -0.3 is 29.5 Å². The predicted octanol–water partition coefficient (Wildman–Crippen LogP) is 1.38. The molecule has 0 aliphatic rings. The molecule has 0 amide bonds. The predicted molar refractivity (Wildman–Crippen MR) is 91.4 cm³/mol. The molecule has 0 heterocycles. The molecule has 144 valence electrons. The summed E-state index contributed by atoms with van der Waals surface area (Å²) in [7, 11) is 1.55. The van der Waals surface area contributed by atoms with Crippen LogP contribution in [-0.4, -0.2) is 74.1 Å². The van der Waals surface area contributed by atoms with Gasteiger partial charge in [0.1, 0.15) is 0 Å². The largest absolute Gasteiger partial charge is 0.466 e. The first-order chi connectivity index (χ1) is 10.9. The van der Waals surface area contributed by atoms with Gasteiger partial charge in [-0.1, -0.05) is 13.8 Å². The monoisotopic (exact) mass is 342 g/mol. The highest BCUT2D eigenvalue weighted by molar-refractivity contribution is 5.68. The van der Waals surface area contributed by atoms with E-state index in [1.165, 1.54) is 6.92 Å². The van der Waals surface area contributed by atoms with Crippen molar-refractivity contribution in [2.75, 3.05) is 46.8 Å². The van der Waals surface area contributed by atoms with E-state index in [9.17, 15) is 4.79 Å². The summed E-state index contributed by atoms with van der Waals surface area (Å²) in [5.74, 6) is -0.105. The quantitative estimate of drug-likeness (QED) is 0.572. The van der Waals surface area contributed by atoms with E-state index in [0.29, 0.717) is 19.6 Å². The topological polar surface area (TPSA) is 105 Å². The van der Waals surface area contributed by atoms with Crippen molar-refractivity contribution in [2.24, 2.45) is 0 Å². The highest BCUT2D eigenvalue weighted by atomic mass is 16.5. The Hall–Kier alpha value is -0.730. The molecule has 0 aromatic heterocycles. The van der Waals surface area contributed by atoms with Gasteiger partial charge in [-0.15, -0.1) is 0 Å². The number of hydrogen-bond donors (Lipinski definition) is 3. The average molecular weight is 342 g/mol. The van der Waals surface area contributed by atoms with Gasteiger partial charge in [0.2, 0.25) is 0 Å². The Bertz CT molecular complexity index is 177. The molecule has 7 heteroatoms. The van der Waals surface area contributed by atoms with Crippen LogP contribution in [0.2, 0.25) is 0 Å². The van der Waals surface area contributed by atoms with Crippen molar-refractivity contribution >= 4 is 5.97 Å². The first kappa shape index (κ1) is 30.2. The van der Waals surface area contributed by atoms with Crippen LogP contribution in [0, 0.1) is 0 Å². The maximum absolute atomic E-state index is 10.3. The smallest absolute Gasteiger partial charge is 0.305 e. The highest BCUT2D eigenvalue weighted by Crippen LogP contribution is 1.85. The summed E-state index contributed by atoms with van der Waals surface area (Å²) in [5.41, 5.74) is 0. The van der Waals surface area contributed by atoms with Crippen LogP contribution in [-0.2, 0) is 19.0 Å². The van der Waals surface area contributed by atoms with Crippen molar-refractivity contribution in [2.45, 2.75) is 53.6 Å². The van der Waals surface area contributed by atoms with Gasteiger partial charge in [-0.3, -0.25) is 4.79 Å². The third kappa shape index (κ3) is 62.2. The number of rotatable bonds is 8. The van der Waals surface area contributed by atoms with Crippen molar-refractivity contribution in [3.63, 3.8) is 0 Å². The number of carbonyl (C=O) groups excluding carboxylic acids is 1. The molecule has 0 aliphatic heterocycles. The van der Waals surface area contributed by atoms with Gasteiger partial charge in [0.05, 0.1) is 32.5 Å². The van der Waals surface area contributed by atoms with Crippen LogP contribution in [0.25, 0.3) is 0 Å². The van der Waals surface area contributed by atoms with E-state index in [2.05, 4.69) is 4.74 Å². The molecule has 3 N–H and O–H groups in total. The Morgan fingerprint density at radius 1 is 1.04 bits per heavy atom. The SMILES string of the molecule is CC(O)CO.CCCOC(=O)CC.CCOCC.COCCO. The molecular formula is C16H38O7. The van der Waals surface area contributed by atoms with Crippen molar-refractivity contribution in [1.29, 1.82) is 0 Å². The molecule has 0 saturated carbocycles. The van der Waals surface area contributed by atoms with E-state index in [-0.39, 0.29) is 19.2 Å². The highest BCUT2D eigenvalue weighted by Gasteiger charge is 1.93. The molecule has 0 aromatic carbocycles. The number of ether oxygens (including phenoxy) is 3. The molecule has 0 fully saturated rings. The van der Waals surface area contributed by atoms with Crippen LogP contribution in [0.1, 0.15) is 47.5 Å². The Balaban J connectivity index is -0.000000108. The minimum absolute atomic E-state index is 0.105. The van der Waals surface area contributed by atoms with Gasteiger partial charge in [0.25, 0.3) is 0 Å². The summed E-state index contributed by atoms with van der Waals surface area (Å²) >= 11 is 0. The summed E-state index contributed by atoms with van der Waals surface area (Å²) in [6.07, 6.45) is 0.834. The molecule has 0 spiro atoms. The summed E-state index contributed by atoms with van der Waals surface area (Å²) in [6.45, 7) is 11.9. The fraction of sp³-hybridized carbons (Fsp3) is 0.938. The Morgan fingerprint density at radius 3 is 1.65 bits per heavy atom. The number of hydrogen-bond acceptors (Lipinski definition) is 7. The minimum atomic E-state index is -0.560. The van der Waals surface area contributed by atoms with Crippen LogP contribution in [0.3, 0.4) is 0 Å². The van der Waals surface area contributed by atoms with E-state index in [4.69, 9.17) is 24.8 Å². The third-order valence-electron chi connectivity index (χ3n) is 1.72. The average Bonchev–Trinajstić information content (AvgIpc) is 2.55. The van der Waals surface area contributed by atoms with E-state index >= 15 is 0 Å². The number of methoxy groups -OCH3 is 1. The second-order valence-electron chi connectivity index (χ2n) is 4.10. The zero-order valence-corrected chi connectivity index (χ0v) is 15.7. The number of aliphatic hydroxyl groups excluding tert-OH is 3. The molecule has 0 aromatic rings.